The van der Waals surface area contributed by atoms with E-state index in [9.17, 15) is 18.4 Å². The summed E-state index contributed by atoms with van der Waals surface area (Å²) >= 11 is 6.60. The van der Waals surface area contributed by atoms with Crippen LogP contribution < -0.4 is 0 Å². The molecule has 0 N–H and O–H groups in total. The number of nitrogens with zero attached hydrogens (tertiary/aromatic N) is 1. The number of thiocarbonyl (C=S) groups is 1. The molecular weight excluding hydrogens is 444 g/mol. The van der Waals surface area contributed by atoms with E-state index in [-0.39, 0.29) is 29.9 Å². The number of esters is 1. The molecule has 2 heterocycles. The first-order chi connectivity index (χ1) is 14.9. The van der Waals surface area contributed by atoms with Gasteiger partial charge in [0.1, 0.15) is 27.2 Å². The van der Waals surface area contributed by atoms with E-state index in [0.717, 1.165) is 31.7 Å². The standard InChI is InChI=1S/C22H19F2NO4S2/c1-2-28-21(27)18-15(23)9-8-14(19(18)24)16-10-7-13(29-16)11-17-20(26)25(22(30)31-17)12-5-3-4-6-12/h7-12H,2-6H2,1H3/b17-11-. The molecule has 0 radical (unpaired) electrons. The Balaban J connectivity index is 1.61. The van der Waals surface area contributed by atoms with Gasteiger partial charge in [-0.1, -0.05) is 36.8 Å². The fourth-order valence-electron chi connectivity index (χ4n) is 3.79. The average molecular weight is 464 g/mol. The number of benzene rings is 1. The van der Waals surface area contributed by atoms with Gasteiger partial charge in [-0.25, -0.2) is 13.6 Å². The summed E-state index contributed by atoms with van der Waals surface area (Å²) in [4.78, 5) is 26.8. The number of hydrogen-bond acceptors (Lipinski definition) is 6. The van der Waals surface area contributed by atoms with Crippen molar-refractivity contribution < 1.29 is 27.5 Å². The van der Waals surface area contributed by atoms with Gasteiger partial charge >= 0.3 is 5.97 Å². The molecule has 0 unspecified atom stereocenters. The SMILES string of the molecule is CCOC(=O)c1c(F)ccc(-c2ccc(/C=C3\SC(=S)N(C4CCCC4)C3=O)o2)c1F. The highest BCUT2D eigenvalue weighted by atomic mass is 32.2. The van der Waals surface area contributed by atoms with Crippen molar-refractivity contribution in [1.29, 1.82) is 0 Å². The maximum Gasteiger partial charge on any atom is 0.344 e. The van der Waals surface area contributed by atoms with Crippen LogP contribution in [-0.2, 0) is 9.53 Å². The van der Waals surface area contributed by atoms with E-state index in [4.69, 9.17) is 21.4 Å². The van der Waals surface area contributed by atoms with E-state index < -0.39 is 23.2 Å². The van der Waals surface area contributed by atoms with E-state index in [0.29, 0.717) is 15.0 Å². The van der Waals surface area contributed by atoms with Gasteiger partial charge in [0.25, 0.3) is 5.91 Å². The molecule has 1 aliphatic carbocycles. The van der Waals surface area contributed by atoms with Crippen LogP contribution in [0.15, 0.2) is 33.6 Å². The summed E-state index contributed by atoms with van der Waals surface area (Å²) in [6.45, 7) is 1.54. The van der Waals surface area contributed by atoms with Crippen LogP contribution in [0.4, 0.5) is 8.78 Å². The molecule has 2 aromatic rings. The van der Waals surface area contributed by atoms with E-state index in [1.807, 2.05) is 0 Å². The second-order valence-corrected chi connectivity index (χ2v) is 8.87. The predicted octanol–water partition coefficient (Wildman–Crippen LogP) is 5.55. The zero-order valence-corrected chi connectivity index (χ0v) is 18.3. The van der Waals surface area contributed by atoms with Crippen molar-refractivity contribution in [3.63, 3.8) is 0 Å². The van der Waals surface area contributed by atoms with Crippen molar-refractivity contribution >= 4 is 46.3 Å². The summed E-state index contributed by atoms with van der Waals surface area (Å²) in [7, 11) is 0. The third kappa shape index (κ3) is 4.16. The Morgan fingerprint density at radius 3 is 2.74 bits per heavy atom. The number of halogens is 2. The molecular formula is C22H19F2NO4S2. The summed E-state index contributed by atoms with van der Waals surface area (Å²) in [6.07, 6.45) is 5.61. The zero-order valence-electron chi connectivity index (χ0n) is 16.7. The van der Waals surface area contributed by atoms with Crippen molar-refractivity contribution in [2.24, 2.45) is 0 Å². The summed E-state index contributed by atoms with van der Waals surface area (Å²) in [5.74, 6) is -2.89. The van der Waals surface area contributed by atoms with Crippen LogP contribution in [0, 0.1) is 11.6 Å². The molecule has 1 saturated carbocycles. The first-order valence-corrected chi connectivity index (χ1v) is 11.2. The second-order valence-electron chi connectivity index (χ2n) is 7.20. The smallest absolute Gasteiger partial charge is 0.344 e. The van der Waals surface area contributed by atoms with E-state index in [2.05, 4.69) is 0 Å². The molecule has 2 aliphatic rings. The van der Waals surface area contributed by atoms with E-state index in [1.165, 1.54) is 23.9 Å². The van der Waals surface area contributed by atoms with Gasteiger partial charge in [-0.2, -0.15) is 0 Å². The third-order valence-corrected chi connectivity index (χ3v) is 6.58. The molecule has 1 amide bonds. The van der Waals surface area contributed by atoms with Crippen molar-refractivity contribution in [2.45, 2.75) is 38.6 Å². The van der Waals surface area contributed by atoms with Crippen LogP contribution in [0.3, 0.4) is 0 Å². The Morgan fingerprint density at radius 1 is 1.29 bits per heavy atom. The predicted molar refractivity (Wildman–Crippen MR) is 117 cm³/mol. The normalized spacial score (nSPS) is 18.4. The minimum Gasteiger partial charge on any atom is -0.462 e. The summed E-state index contributed by atoms with van der Waals surface area (Å²) < 4.78 is 39.8. The highest BCUT2D eigenvalue weighted by Crippen LogP contribution is 2.38. The van der Waals surface area contributed by atoms with Crippen LogP contribution in [0.1, 0.15) is 48.7 Å². The molecule has 2 fully saturated rings. The molecule has 162 valence electrons. The summed E-state index contributed by atoms with van der Waals surface area (Å²) in [6, 6.07) is 5.38. The first kappa shape index (κ1) is 21.7. The number of furan rings is 1. The van der Waals surface area contributed by atoms with E-state index >= 15 is 0 Å². The largest absolute Gasteiger partial charge is 0.462 e. The fraction of sp³-hybridized carbons (Fsp3) is 0.318. The monoisotopic (exact) mass is 463 g/mol. The van der Waals surface area contributed by atoms with Gasteiger partial charge in [0, 0.05) is 12.1 Å². The van der Waals surface area contributed by atoms with Crippen LogP contribution in [0.2, 0.25) is 0 Å². The van der Waals surface area contributed by atoms with Crippen LogP contribution in [0.25, 0.3) is 17.4 Å². The van der Waals surface area contributed by atoms with Crippen molar-refractivity contribution in [2.75, 3.05) is 6.61 Å². The lowest BCUT2D eigenvalue weighted by atomic mass is 10.1. The quantitative estimate of drug-likeness (QED) is 0.329. The Bertz CT molecular complexity index is 1090. The molecule has 0 atom stereocenters. The zero-order chi connectivity index (χ0) is 22.1. The number of carbonyl (C=O) groups is 2. The van der Waals surface area contributed by atoms with Crippen molar-refractivity contribution in [1.82, 2.24) is 4.90 Å². The summed E-state index contributed by atoms with van der Waals surface area (Å²) in [5.41, 5.74) is -0.850. The van der Waals surface area contributed by atoms with Crippen molar-refractivity contribution in [3.05, 3.63) is 52.1 Å². The molecule has 1 aromatic heterocycles. The van der Waals surface area contributed by atoms with Gasteiger partial charge in [0.05, 0.1) is 17.1 Å². The lowest BCUT2D eigenvalue weighted by molar-refractivity contribution is -0.123. The van der Waals surface area contributed by atoms with Crippen molar-refractivity contribution in [3.8, 4) is 11.3 Å². The fourth-order valence-corrected chi connectivity index (χ4v) is 5.18. The topological polar surface area (TPSA) is 59.8 Å². The maximum atomic E-state index is 14.8. The lowest BCUT2D eigenvalue weighted by Crippen LogP contribution is -2.36. The summed E-state index contributed by atoms with van der Waals surface area (Å²) in [5, 5.41) is 0. The highest BCUT2D eigenvalue weighted by Gasteiger charge is 2.38. The Kier molecular flexibility index (Phi) is 6.24. The second kappa shape index (κ2) is 8.92. The molecule has 4 rings (SSSR count). The van der Waals surface area contributed by atoms with Gasteiger partial charge in [0.15, 0.2) is 5.82 Å². The third-order valence-electron chi connectivity index (χ3n) is 5.25. The van der Waals surface area contributed by atoms with Crippen LogP contribution in [-0.4, -0.2) is 33.7 Å². The Morgan fingerprint density at radius 2 is 2.03 bits per heavy atom. The Labute approximate surface area is 187 Å². The number of thioether (sulfide) groups is 1. The highest BCUT2D eigenvalue weighted by molar-refractivity contribution is 8.26. The number of amides is 1. The average Bonchev–Trinajstić information content (AvgIpc) is 3.45. The molecule has 1 aliphatic heterocycles. The van der Waals surface area contributed by atoms with Gasteiger partial charge in [-0.3, -0.25) is 9.69 Å². The number of carbonyl (C=O) groups excluding carboxylic acids is 2. The first-order valence-electron chi connectivity index (χ1n) is 9.93. The molecule has 0 spiro atoms. The minimum atomic E-state index is -1.08. The number of rotatable bonds is 5. The molecule has 1 saturated heterocycles. The van der Waals surface area contributed by atoms with E-state index in [1.54, 1.807) is 24.0 Å². The molecule has 9 heteroatoms. The van der Waals surface area contributed by atoms with Gasteiger partial charge < -0.3 is 9.15 Å². The minimum absolute atomic E-state index is 0.00809. The maximum absolute atomic E-state index is 14.8. The molecule has 0 bridgehead atoms. The van der Waals surface area contributed by atoms with Crippen LogP contribution in [0.5, 0.6) is 0 Å². The molecule has 31 heavy (non-hydrogen) atoms. The molecule has 5 nitrogen and oxygen atoms in total. The number of hydrogen-bond donors (Lipinski definition) is 0. The van der Waals surface area contributed by atoms with Crippen LogP contribution >= 0.6 is 24.0 Å². The van der Waals surface area contributed by atoms with Gasteiger partial charge in [-0.15, -0.1) is 0 Å². The number of ether oxygens (including phenoxy) is 1. The van der Waals surface area contributed by atoms with Gasteiger partial charge in [-0.05, 0) is 44.0 Å². The molecule has 1 aromatic carbocycles. The van der Waals surface area contributed by atoms with Gasteiger partial charge in [0.2, 0.25) is 0 Å². The Hall–Kier alpha value is -2.52. The lowest BCUT2D eigenvalue weighted by Gasteiger charge is -2.21.